The van der Waals surface area contributed by atoms with Gasteiger partial charge in [0.2, 0.25) is 0 Å². The Morgan fingerprint density at radius 1 is 1.46 bits per heavy atom. The summed E-state index contributed by atoms with van der Waals surface area (Å²) >= 11 is 0. The van der Waals surface area contributed by atoms with Crippen molar-refractivity contribution in [2.45, 2.75) is 39.2 Å². The van der Waals surface area contributed by atoms with Crippen LogP contribution in [0.3, 0.4) is 0 Å². The number of unbranched alkanes of at least 4 members (excludes halogenated alkanes) is 1. The van der Waals surface area contributed by atoms with E-state index >= 15 is 0 Å². The maximum Gasteiger partial charge on any atom is 0.0631 e. The first-order chi connectivity index (χ1) is 6.26. The first kappa shape index (κ1) is 12.7. The van der Waals surface area contributed by atoms with Crippen LogP contribution >= 0.6 is 0 Å². The van der Waals surface area contributed by atoms with E-state index in [9.17, 15) is 0 Å². The predicted molar refractivity (Wildman–Crippen MR) is 55.7 cm³/mol. The highest BCUT2D eigenvalue weighted by Crippen LogP contribution is 2.14. The molecule has 13 heavy (non-hydrogen) atoms. The van der Waals surface area contributed by atoms with E-state index in [0.717, 1.165) is 6.42 Å². The van der Waals surface area contributed by atoms with Gasteiger partial charge in [0.25, 0.3) is 0 Å². The monoisotopic (exact) mass is 186 g/mol. The van der Waals surface area contributed by atoms with Gasteiger partial charge in [-0.15, -0.1) is 0 Å². The zero-order chi connectivity index (χ0) is 10.1. The molecule has 0 aromatic heterocycles. The van der Waals surface area contributed by atoms with Gasteiger partial charge < -0.3 is 9.84 Å². The zero-order valence-electron chi connectivity index (χ0n) is 8.99. The molecular weight excluding hydrogens is 164 g/mol. The summed E-state index contributed by atoms with van der Waals surface area (Å²) < 4.78 is 5.38. The van der Waals surface area contributed by atoms with Crippen LogP contribution in [0.5, 0.6) is 0 Å². The van der Waals surface area contributed by atoms with Crippen LogP contribution in [-0.4, -0.2) is 24.9 Å². The van der Waals surface area contributed by atoms with Crippen molar-refractivity contribution in [1.29, 1.82) is 0 Å². The Hall–Kier alpha value is -0.340. The number of hydrogen-bond acceptors (Lipinski definition) is 2. The van der Waals surface area contributed by atoms with Crippen LogP contribution in [-0.2, 0) is 4.74 Å². The van der Waals surface area contributed by atoms with Gasteiger partial charge in [0.1, 0.15) is 0 Å². The molecule has 2 unspecified atom stereocenters. The van der Waals surface area contributed by atoms with Crippen molar-refractivity contribution < 1.29 is 9.84 Å². The van der Waals surface area contributed by atoms with Crippen molar-refractivity contribution in [3.8, 4) is 0 Å². The summed E-state index contributed by atoms with van der Waals surface area (Å²) in [6.45, 7) is 4.42. The molecule has 0 rings (SSSR count). The second-order valence-electron chi connectivity index (χ2n) is 3.39. The van der Waals surface area contributed by atoms with E-state index in [0.29, 0.717) is 12.0 Å². The topological polar surface area (TPSA) is 29.5 Å². The van der Waals surface area contributed by atoms with Crippen molar-refractivity contribution >= 4 is 0 Å². The molecule has 0 saturated heterocycles. The van der Waals surface area contributed by atoms with E-state index in [1.807, 2.05) is 6.08 Å². The summed E-state index contributed by atoms with van der Waals surface area (Å²) in [5, 5.41) is 8.62. The third-order valence-electron chi connectivity index (χ3n) is 2.28. The minimum Gasteiger partial charge on any atom is -0.392 e. The third kappa shape index (κ3) is 5.83. The lowest BCUT2D eigenvalue weighted by Crippen LogP contribution is -2.18. The van der Waals surface area contributed by atoms with Crippen LogP contribution in [0.15, 0.2) is 12.2 Å². The summed E-state index contributed by atoms with van der Waals surface area (Å²) in [6.07, 6.45) is 7.60. The largest absolute Gasteiger partial charge is 0.392 e. The fourth-order valence-electron chi connectivity index (χ4n) is 1.40. The molecule has 0 heterocycles. The second kappa shape index (κ2) is 8.27. The number of rotatable bonds is 7. The zero-order valence-corrected chi connectivity index (χ0v) is 8.99. The fraction of sp³-hybridized carbons (Fsp3) is 0.818. The standard InChI is InChI=1S/C11H22O2/c1-4-5-8-11(13-3)10(2)7-6-9-12/h6-7,10-12H,4-5,8-9H2,1-3H3/b7-6+. The van der Waals surface area contributed by atoms with Gasteiger partial charge in [-0.05, 0) is 6.42 Å². The molecule has 1 N–H and O–H groups in total. The Kier molecular flexibility index (Phi) is 8.05. The molecule has 2 heteroatoms. The summed E-state index contributed by atoms with van der Waals surface area (Å²) in [7, 11) is 1.75. The molecule has 0 spiro atoms. The van der Waals surface area contributed by atoms with Gasteiger partial charge in [-0.1, -0.05) is 38.8 Å². The Bertz CT molecular complexity index is 132. The molecule has 0 saturated carbocycles. The summed E-state index contributed by atoms with van der Waals surface area (Å²) in [5.41, 5.74) is 0. The summed E-state index contributed by atoms with van der Waals surface area (Å²) in [4.78, 5) is 0. The Labute approximate surface area is 81.6 Å². The van der Waals surface area contributed by atoms with Crippen molar-refractivity contribution in [1.82, 2.24) is 0 Å². The average Bonchev–Trinajstić information content (AvgIpc) is 2.16. The number of aliphatic hydroxyl groups excluding tert-OH is 1. The van der Waals surface area contributed by atoms with Gasteiger partial charge in [-0.3, -0.25) is 0 Å². The van der Waals surface area contributed by atoms with Crippen LogP contribution < -0.4 is 0 Å². The SMILES string of the molecule is CCCCC(OC)C(C)/C=C/CO. The Morgan fingerprint density at radius 2 is 2.15 bits per heavy atom. The molecule has 2 nitrogen and oxygen atoms in total. The van der Waals surface area contributed by atoms with E-state index < -0.39 is 0 Å². The van der Waals surface area contributed by atoms with Crippen LogP contribution in [0.2, 0.25) is 0 Å². The molecule has 0 fully saturated rings. The molecule has 2 atom stereocenters. The predicted octanol–water partition coefficient (Wildman–Crippen LogP) is 2.38. The highest BCUT2D eigenvalue weighted by atomic mass is 16.5. The van der Waals surface area contributed by atoms with Gasteiger partial charge >= 0.3 is 0 Å². The molecule has 0 aliphatic carbocycles. The van der Waals surface area contributed by atoms with Gasteiger partial charge in [0, 0.05) is 13.0 Å². The minimum absolute atomic E-state index is 0.120. The van der Waals surface area contributed by atoms with Crippen LogP contribution in [0.4, 0.5) is 0 Å². The highest BCUT2D eigenvalue weighted by Gasteiger charge is 2.12. The third-order valence-corrected chi connectivity index (χ3v) is 2.28. The molecule has 0 aliphatic heterocycles. The number of methoxy groups -OCH3 is 1. The molecule has 0 radical (unpaired) electrons. The molecule has 78 valence electrons. The van der Waals surface area contributed by atoms with Crippen LogP contribution in [0.25, 0.3) is 0 Å². The van der Waals surface area contributed by atoms with Crippen molar-refractivity contribution in [2.75, 3.05) is 13.7 Å². The Balaban J connectivity index is 3.83. The van der Waals surface area contributed by atoms with E-state index in [1.165, 1.54) is 12.8 Å². The van der Waals surface area contributed by atoms with E-state index in [4.69, 9.17) is 9.84 Å². The maximum absolute atomic E-state index is 8.62. The van der Waals surface area contributed by atoms with Crippen LogP contribution in [0.1, 0.15) is 33.1 Å². The lowest BCUT2D eigenvalue weighted by molar-refractivity contribution is 0.0653. The molecule has 0 aromatic carbocycles. The lowest BCUT2D eigenvalue weighted by atomic mass is 9.99. The molecular formula is C11H22O2. The average molecular weight is 186 g/mol. The maximum atomic E-state index is 8.62. The highest BCUT2D eigenvalue weighted by molar-refractivity contribution is 4.89. The lowest BCUT2D eigenvalue weighted by Gasteiger charge is -2.19. The molecule has 0 bridgehead atoms. The molecule has 0 amide bonds. The second-order valence-corrected chi connectivity index (χ2v) is 3.39. The summed E-state index contributed by atoms with van der Waals surface area (Å²) in [5.74, 6) is 0.392. The van der Waals surface area contributed by atoms with Gasteiger partial charge in [0.15, 0.2) is 0 Å². The first-order valence-electron chi connectivity index (χ1n) is 5.06. The normalized spacial score (nSPS) is 16.3. The molecule has 0 aliphatic rings. The van der Waals surface area contributed by atoms with Gasteiger partial charge in [-0.25, -0.2) is 0 Å². The molecule has 0 aromatic rings. The fourth-order valence-corrected chi connectivity index (χ4v) is 1.40. The number of aliphatic hydroxyl groups is 1. The number of ether oxygens (including phenoxy) is 1. The Morgan fingerprint density at radius 3 is 2.62 bits per heavy atom. The number of hydrogen-bond donors (Lipinski definition) is 1. The minimum atomic E-state index is 0.120. The smallest absolute Gasteiger partial charge is 0.0631 e. The van der Waals surface area contributed by atoms with Gasteiger partial charge in [0.05, 0.1) is 12.7 Å². The van der Waals surface area contributed by atoms with Crippen molar-refractivity contribution in [3.05, 3.63) is 12.2 Å². The van der Waals surface area contributed by atoms with Crippen molar-refractivity contribution in [2.24, 2.45) is 5.92 Å². The van der Waals surface area contributed by atoms with Crippen molar-refractivity contribution in [3.63, 3.8) is 0 Å². The van der Waals surface area contributed by atoms with E-state index in [-0.39, 0.29) is 6.61 Å². The first-order valence-corrected chi connectivity index (χ1v) is 5.06. The van der Waals surface area contributed by atoms with E-state index in [2.05, 4.69) is 13.8 Å². The summed E-state index contributed by atoms with van der Waals surface area (Å²) in [6, 6.07) is 0. The van der Waals surface area contributed by atoms with E-state index in [1.54, 1.807) is 13.2 Å². The van der Waals surface area contributed by atoms with Crippen LogP contribution in [0, 0.1) is 5.92 Å². The van der Waals surface area contributed by atoms with Gasteiger partial charge in [-0.2, -0.15) is 0 Å². The quantitative estimate of drug-likeness (QED) is 0.618.